The molecule has 0 spiro atoms. The molecule has 0 aliphatic carbocycles. The molecule has 2 heterocycles. The van der Waals surface area contributed by atoms with Crippen LogP contribution >= 0.6 is 0 Å². The van der Waals surface area contributed by atoms with Crippen LogP contribution in [0.5, 0.6) is 0 Å². The Hall–Kier alpha value is -2.35. The van der Waals surface area contributed by atoms with E-state index in [4.69, 9.17) is 4.98 Å². The summed E-state index contributed by atoms with van der Waals surface area (Å²) in [5.74, 6) is 0. The minimum Gasteiger partial charge on any atom is -0.298 e. The molecule has 0 aliphatic rings. The minimum atomic E-state index is 1.02. The smallest absolute Gasteiger partial charge is 0.138 e. The van der Waals surface area contributed by atoms with Crippen LogP contribution < -0.4 is 0 Å². The second-order valence-electron chi connectivity index (χ2n) is 4.61. The number of aryl methyl sites for hydroxylation is 1. The molecule has 0 atom stereocenters. The van der Waals surface area contributed by atoms with Gasteiger partial charge in [0, 0.05) is 16.5 Å². The van der Waals surface area contributed by atoms with Crippen molar-refractivity contribution in [2.24, 2.45) is 0 Å². The van der Waals surface area contributed by atoms with Gasteiger partial charge in [0.1, 0.15) is 5.65 Å². The second kappa shape index (κ2) is 3.33. The Balaban J connectivity index is 2.34. The van der Waals surface area contributed by atoms with Gasteiger partial charge in [-0.2, -0.15) is 0 Å². The molecule has 4 aromatic rings. The van der Waals surface area contributed by atoms with Crippen molar-refractivity contribution in [2.45, 2.75) is 6.92 Å². The number of benzene rings is 2. The van der Waals surface area contributed by atoms with Gasteiger partial charge in [-0.1, -0.05) is 36.4 Å². The number of hydrogen-bond donors (Lipinski definition) is 0. The first-order valence-corrected chi connectivity index (χ1v) is 6.10. The maximum atomic E-state index is 4.74. The van der Waals surface area contributed by atoms with Crippen molar-refractivity contribution in [3.63, 3.8) is 0 Å². The molecule has 2 nitrogen and oxygen atoms in total. The molecule has 18 heavy (non-hydrogen) atoms. The van der Waals surface area contributed by atoms with Gasteiger partial charge in [-0.25, -0.2) is 4.98 Å². The summed E-state index contributed by atoms with van der Waals surface area (Å²) in [4.78, 5) is 4.74. The van der Waals surface area contributed by atoms with E-state index in [0.717, 1.165) is 11.2 Å². The zero-order valence-corrected chi connectivity index (χ0v) is 10.1. The molecule has 0 fully saturated rings. The van der Waals surface area contributed by atoms with E-state index >= 15 is 0 Å². The first-order valence-electron chi connectivity index (χ1n) is 6.10. The van der Waals surface area contributed by atoms with Gasteiger partial charge in [0.05, 0.1) is 11.0 Å². The molecule has 2 aromatic heterocycles. The highest BCUT2D eigenvalue weighted by Crippen LogP contribution is 2.25. The summed E-state index contributed by atoms with van der Waals surface area (Å²) in [6.45, 7) is 2.16. The minimum absolute atomic E-state index is 1.02. The topological polar surface area (TPSA) is 17.3 Å². The maximum Gasteiger partial charge on any atom is 0.138 e. The van der Waals surface area contributed by atoms with Gasteiger partial charge in [0.2, 0.25) is 0 Å². The van der Waals surface area contributed by atoms with Crippen LogP contribution in [-0.2, 0) is 0 Å². The summed E-state index contributed by atoms with van der Waals surface area (Å²) in [5, 5.41) is 2.45. The Morgan fingerprint density at radius 2 is 1.72 bits per heavy atom. The first-order chi connectivity index (χ1) is 8.84. The van der Waals surface area contributed by atoms with Crippen LogP contribution in [0.15, 0.2) is 54.6 Å². The fraction of sp³-hybridized carbons (Fsp3) is 0.0625. The van der Waals surface area contributed by atoms with Crippen molar-refractivity contribution in [1.29, 1.82) is 0 Å². The summed E-state index contributed by atoms with van der Waals surface area (Å²) >= 11 is 0. The standard InChI is InChI=1S/C16H12N2/c1-11-13-7-3-4-8-14(13)17-16-10-12-6-2-5-9-15(12)18(11)16/h2-10H,1H3. The van der Waals surface area contributed by atoms with E-state index in [-0.39, 0.29) is 0 Å². The Labute approximate surface area is 104 Å². The average molecular weight is 232 g/mol. The summed E-state index contributed by atoms with van der Waals surface area (Å²) in [6.07, 6.45) is 0. The van der Waals surface area contributed by atoms with Gasteiger partial charge in [0.25, 0.3) is 0 Å². The van der Waals surface area contributed by atoms with Gasteiger partial charge < -0.3 is 0 Å². The third-order valence-electron chi connectivity index (χ3n) is 3.56. The number of fused-ring (bicyclic) bond motifs is 4. The predicted molar refractivity (Wildman–Crippen MR) is 74.9 cm³/mol. The monoisotopic (exact) mass is 232 g/mol. The van der Waals surface area contributed by atoms with E-state index in [2.05, 4.69) is 59.9 Å². The summed E-state index contributed by atoms with van der Waals surface area (Å²) < 4.78 is 2.23. The van der Waals surface area contributed by atoms with Gasteiger partial charge >= 0.3 is 0 Å². The second-order valence-corrected chi connectivity index (χ2v) is 4.61. The van der Waals surface area contributed by atoms with E-state index in [9.17, 15) is 0 Å². The normalized spacial score (nSPS) is 11.6. The molecular weight excluding hydrogens is 220 g/mol. The molecule has 2 aromatic carbocycles. The van der Waals surface area contributed by atoms with Crippen LogP contribution in [0, 0.1) is 6.92 Å². The Kier molecular flexibility index (Phi) is 1.78. The summed E-state index contributed by atoms with van der Waals surface area (Å²) in [6, 6.07) is 18.9. The third-order valence-corrected chi connectivity index (χ3v) is 3.56. The van der Waals surface area contributed by atoms with Crippen LogP contribution in [-0.4, -0.2) is 9.38 Å². The summed E-state index contributed by atoms with van der Waals surface area (Å²) in [7, 11) is 0. The molecule has 0 amide bonds. The highest BCUT2D eigenvalue weighted by molar-refractivity contribution is 5.91. The molecule has 2 heteroatoms. The Morgan fingerprint density at radius 1 is 0.944 bits per heavy atom. The van der Waals surface area contributed by atoms with Crippen LogP contribution in [0.3, 0.4) is 0 Å². The van der Waals surface area contributed by atoms with Crippen molar-refractivity contribution < 1.29 is 0 Å². The van der Waals surface area contributed by atoms with Crippen LogP contribution in [0.4, 0.5) is 0 Å². The fourth-order valence-corrected chi connectivity index (χ4v) is 2.70. The van der Waals surface area contributed by atoms with Gasteiger partial charge in [0.15, 0.2) is 0 Å². The largest absolute Gasteiger partial charge is 0.298 e. The van der Waals surface area contributed by atoms with Crippen LogP contribution in [0.25, 0.3) is 27.5 Å². The number of aromatic nitrogens is 2. The molecule has 86 valence electrons. The molecule has 0 N–H and O–H groups in total. The number of rotatable bonds is 0. The molecule has 4 rings (SSSR count). The highest BCUT2D eigenvalue weighted by Gasteiger charge is 2.08. The van der Waals surface area contributed by atoms with E-state index in [1.807, 2.05) is 6.07 Å². The lowest BCUT2D eigenvalue weighted by Crippen LogP contribution is -1.95. The van der Waals surface area contributed by atoms with E-state index < -0.39 is 0 Å². The van der Waals surface area contributed by atoms with Crippen molar-refractivity contribution in [2.75, 3.05) is 0 Å². The Bertz CT molecular complexity index is 887. The van der Waals surface area contributed by atoms with E-state index in [1.54, 1.807) is 0 Å². The van der Waals surface area contributed by atoms with Crippen LogP contribution in [0.1, 0.15) is 5.69 Å². The highest BCUT2D eigenvalue weighted by atomic mass is 15.0. The van der Waals surface area contributed by atoms with Crippen molar-refractivity contribution >= 4 is 27.5 Å². The van der Waals surface area contributed by atoms with Crippen molar-refractivity contribution in [3.05, 3.63) is 60.3 Å². The molecule has 0 saturated heterocycles. The van der Waals surface area contributed by atoms with Crippen molar-refractivity contribution in [3.8, 4) is 0 Å². The van der Waals surface area contributed by atoms with E-state index in [0.29, 0.717) is 0 Å². The lowest BCUT2D eigenvalue weighted by Gasteiger charge is -2.06. The lowest BCUT2D eigenvalue weighted by molar-refractivity contribution is 1.13. The SMILES string of the molecule is Cc1c2ccccc2nc2cc3ccccc3n12. The first kappa shape index (κ1) is 9.66. The molecule has 0 saturated carbocycles. The molecule has 0 unspecified atom stereocenters. The van der Waals surface area contributed by atoms with E-state index in [1.165, 1.54) is 22.0 Å². The zero-order chi connectivity index (χ0) is 12.1. The number of nitrogens with zero attached hydrogens (tertiary/aromatic N) is 2. The molecular formula is C16H12N2. The zero-order valence-electron chi connectivity index (χ0n) is 10.1. The predicted octanol–water partition coefficient (Wildman–Crippen LogP) is 3.95. The van der Waals surface area contributed by atoms with Gasteiger partial charge in [-0.15, -0.1) is 0 Å². The van der Waals surface area contributed by atoms with Crippen molar-refractivity contribution in [1.82, 2.24) is 9.38 Å². The maximum absolute atomic E-state index is 4.74. The fourth-order valence-electron chi connectivity index (χ4n) is 2.70. The summed E-state index contributed by atoms with van der Waals surface area (Å²) in [5.41, 5.74) is 4.55. The number of hydrogen-bond acceptors (Lipinski definition) is 1. The van der Waals surface area contributed by atoms with Gasteiger partial charge in [-0.05, 0) is 25.1 Å². The van der Waals surface area contributed by atoms with Gasteiger partial charge in [-0.3, -0.25) is 4.40 Å². The molecule has 0 aliphatic heterocycles. The third kappa shape index (κ3) is 1.15. The number of para-hydroxylation sites is 2. The lowest BCUT2D eigenvalue weighted by atomic mass is 10.2. The molecule has 0 bridgehead atoms. The average Bonchev–Trinajstić information content (AvgIpc) is 2.77. The Morgan fingerprint density at radius 3 is 2.67 bits per heavy atom. The molecule has 0 radical (unpaired) electrons. The van der Waals surface area contributed by atoms with Crippen LogP contribution in [0.2, 0.25) is 0 Å². The quantitative estimate of drug-likeness (QED) is 0.448.